The van der Waals surface area contributed by atoms with Gasteiger partial charge in [-0.1, -0.05) is 23.7 Å². The Morgan fingerprint density at radius 1 is 1.32 bits per heavy atom. The summed E-state index contributed by atoms with van der Waals surface area (Å²) in [4.78, 5) is 12.4. The predicted octanol–water partition coefficient (Wildman–Crippen LogP) is 1.88. The second-order valence-corrected chi connectivity index (χ2v) is 6.64. The number of hydrogen-bond acceptors (Lipinski definition) is 4. The first kappa shape index (κ1) is 15.6. The van der Waals surface area contributed by atoms with Crippen molar-refractivity contribution in [3.05, 3.63) is 34.9 Å². The van der Waals surface area contributed by atoms with Gasteiger partial charge >= 0.3 is 0 Å². The number of carbonyl (C=O) groups excluding carboxylic acids is 1. The second kappa shape index (κ2) is 6.43. The fourth-order valence-corrected chi connectivity index (χ4v) is 3.25. The van der Waals surface area contributed by atoms with Crippen LogP contribution in [0.4, 0.5) is 0 Å². The van der Waals surface area contributed by atoms with Gasteiger partial charge in [-0.3, -0.25) is 10.2 Å². The average molecular weight is 339 g/mol. The highest BCUT2D eigenvalue weighted by atomic mass is 35.5. The fourth-order valence-electron chi connectivity index (χ4n) is 2.67. The Balaban J connectivity index is 1.65. The van der Waals surface area contributed by atoms with Crippen molar-refractivity contribution >= 4 is 29.1 Å². The first-order valence-electron chi connectivity index (χ1n) is 7.20. The van der Waals surface area contributed by atoms with Crippen LogP contribution in [-0.4, -0.2) is 23.4 Å². The maximum absolute atomic E-state index is 12.4. The van der Waals surface area contributed by atoms with Gasteiger partial charge in [0, 0.05) is 11.1 Å². The smallest absolute Gasteiger partial charge is 0.241 e. The van der Waals surface area contributed by atoms with Crippen LogP contribution in [0.15, 0.2) is 24.3 Å². The van der Waals surface area contributed by atoms with Crippen molar-refractivity contribution in [1.29, 1.82) is 5.26 Å². The first-order valence-corrected chi connectivity index (χ1v) is 8.02. The van der Waals surface area contributed by atoms with Gasteiger partial charge in [-0.25, -0.2) is 5.43 Å². The quantitative estimate of drug-likeness (QED) is 0.732. The number of amides is 1. The zero-order valence-corrected chi connectivity index (χ0v) is 13.2. The summed E-state index contributed by atoms with van der Waals surface area (Å²) >= 11 is 12.2. The predicted molar refractivity (Wildman–Crippen MR) is 84.2 cm³/mol. The number of hydrogen-bond donors (Lipinski definition) is 3. The van der Waals surface area contributed by atoms with Crippen LogP contribution in [-0.2, 0) is 4.79 Å². The molecule has 0 spiro atoms. The lowest BCUT2D eigenvalue weighted by Crippen LogP contribution is -2.47. The van der Waals surface area contributed by atoms with E-state index in [0.717, 1.165) is 12.8 Å². The summed E-state index contributed by atoms with van der Waals surface area (Å²) in [6, 6.07) is 7.75. The lowest BCUT2D eigenvalue weighted by Gasteiger charge is -2.18. The highest BCUT2D eigenvalue weighted by Gasteiger charge is 2.46. The van der Waals surface area contributed by atoms with Crippen molar-refractivity contribution in [1.82, 2.24) is 16.2 Å². The Kier molecular flexibility index (Phi) is 4.55. The van der Waals surface area contributed by atoms with Crippen molar-refractivity contribution in [3.8, 4) is 6.07 Å². The molecule has 1 heterocycles. The van der Waals surface area contributed by atoms with Gasteiger partial charge in [0.15, 0.2) is 0 Å². The van der Waals surface area contributed by atoms with Gasteiger partial charge < -0.3 is 5.32 Å². The summed E-state index contributed by atoms with van der Waals surface area (Å²) in [5, 5.41) is 12.3. The molecule has 1 aromatic carbocycles. The fraction of sp³-hybridized carbons (Fsp3) is 0.467. The number of rotatable bonds is 4. The molecule has 5 nitrogen and oxygen atoms in total. The molecule has 1 aliphatic carbocycles. The van der Waals surface area contributed by atoms with E-state index in [9.17, 15) is 10.1 Å². The molecule has 4 atom stereocenters. The largest absolute Gasteiger partial charge is 0.335 e. The van der Waals surface area contributed by atoms with Crippen LogP contribution < -0.4 is 16.2 Å². The number of halogens is 2. The van der Waals surface area contributed by atoms with Crippen LogP contribution in [0.25, 0.3) is 0 Å². The Morgan fingerprint density at radius 3 is 2.59 bits per heavy atom. The third-order valence-electron chi connectivity index (χ3n) is 4.10. The van der Waals surface area contributed by atoms with Crippen molar-refractivity contribution < 1.29 is 4.79 Å². The maximum atomic E-state index is 12.4. The number of hydrazine groups is 1. The molecular formula is C15H16Cl2N4O. The van der Waals surface area contributed by atoms with Gasteiger partial charge in [-0.2, -0.15) is 5.26 Å². The highest BCUT2D eigenvalue weighted by Crippen LogP contribution is 2.37. The molecule has 2 fully saturated rings. The molecule has 2 aliphatic rings. The summed E-state index contributed by atoms with van der Waals surface area (Å²) in [6.45, 7) is 0. The Morgan fingerprint density at radius 2 is 2.00 bits per heavy atom. The van der Waals surface area contributed by atoms with Crippen LogP contribution in [0.2, 0.25) is 5.02 Å². The van der Waals surface area contributed by atoms with E-state index in [0.29, 0.717) is 16.5 Å². The Labute approximate surface area is 138 Å². The third kappa shape index (κ3) is 3.21. The molecule has 1 aliphatic heterocycles. The molecule has 1 amide bonds. The topological polar surface area (TPSA) is 77.0 Å². The monoisotopic (exact) mass is 338 g/mol. The van der Waals surface area contributed by atoms with Gasteiger partial charge in [-0.05, 0) is 36.5 Å². The molecule has 1 aromatic rings. The number of carbonyl (C=O) groups is 1. The van der Waals surface area contributed by atoms with Crippen molar-refractivity contribution in [3.63, 3.8) is 0 Å². The molecule has 0 radical (unpaired) electrons. The lowest BCUT2D eigenvalue weighted by atomic mass is 10.0. The van der Waals surface area contributed by atoms with Gasteiger partial charge in [0.05, 0.1) is 11.4 Å². The molecule has 1 saturated heterocycles. The van der Waals surface area contributed by atoms with E-state index >= 15 is 0 Å². The molecule has 116 valence electrons. The van der Waals surface area contributed by atoms with E-state index in [4.69, 9.17) is 23.2 Å². The van der Waals surface area contributed by atoms with E-state index in [1.54, 1.807) is 24.3 Å². The molecule has 7 heteroatoms. The number of nitriles is 1. The van der Waals surface area contributed by atoms with Crippen LogP contribution in [0, 0.1) is 17.2 Å². The molecular weight excluding hydrogens is 323 g/mol. The van der Waals surface area contributed by atoms with Gasteiger partial charge in [0.1, 0.15) is 12.1 Å². The second-order valence-electron chi connectivity index (χ2n) is 5.70. The summed E-state index contributed by atoms with van der Waals surface area (Å²) in [5.74, 6) is 0.257. The Hall–Kier alpha value is -1.32. The number of alkyl halides is 1. The average Bonchev–Trinajstić information content (AvgIpc) is 3.28. The number of benzene rings is 1. The van der Waals surface area contributed by atoms with Gasteiger partial charge in [0.2, 0.25) is 5.91 Å². The van der Waals surface area contributed by atoms with Gasteiger partial charge in [-0.15, -0.1) is 11.6 Å². The highest BCUT2D eigenvalue weighted by molar-refractivity contribution is 6.30. The summed E-state index contributed by atoms with van der Waals surface area (Å²) in [7, 11) is 0. The van der Waals surface area contributed by atoms with Crippen LogP contribution in [0.5, 0.6) is 0 Å². The summed E-state index contributed by atoms with van der Waals surface area (Å²) < 4.78 is 0. The van der Waals surface area contributed by atoms with E-state index in [1.165, 1.54) is 0 Å². The maximum Gasteiger partial charge on any atom is 0.241 e. The molecule has 3 rings (SSSR count). The molecule has 0 bridgehead atoms. The molecule has 3 N–H and O–H groups in total. The van der Waals surface area contributed by atoms with Crippen molar-refractivity contribution in [2.75, 3.05) is 0 Å². The van der Waals surface area contributed by atoms with Crippen LogP contribution in [0.1, 0.15) is 24.4 Å². The van der Waals surface area contributed by atoms with E-state index in [-0.39, 0.29) is 17.3 Å². The minimum Gasteiger partial charge on any atom is -0.335 e. The molecule has 0 aromatic heterocycles. The summed E-state index contributed by atoms with van der Waals surface area (Å²) in [6.07, 6.45) is 2.28. The zero-order valence-electron chi connectivity index (χ0n) is 11.7. The number of nitrogens with one attached hydrogen (secondary N) is 3. The lowest BCUT2D eigenvalue weighted by molar-refractivity contribution is -0.123. The van der Waals surface area contributed by atoms with Crippen LogP contribution >= 0.6 is 23.2 Å². The normalized spacial score (nSPS) is 28.9. The number of nitrogens with zero attached hydrogens (tertiary/aromatic N) is 1. The van der Waals surface area contributed by atoms with Crippen molar-refractivity contribution in [2.24, 2.45) is 5.92 Å². The first-order chi connectivity index (χ1) is 10.6. The zero-order chi connectivity index (χ0) is 15.7. The van der Waals surface area contributed by atoms with E-state index < -0.39 is 12.1 Å². The Bertz CT molecular complexity index is 597. The minimum atomic E-state index is -0.726. The van der Waals surface area contributed by atoms with E-state index in [2.05, 4.69) is 22.2 Å². The van der Waals surface area contributed by atoms with Gasteiger partial charge in [0.25, 0.3) is 0 Å². The summed E-state index contributed by atoms with van der Waals surface area (Å²) in [5.41, 5.74) is 6.73. The standard InChI is InChI=1S/C15H16Cl2N4O/c16-10-5-3-8(4-6-10)11(7-18)19-15(22)14-12(17)13(20-21-14)9-1-2-9/h3-6,9,11-14,20-21H,1-2H2,(H,19,22). The molecule has 22 heavy (non-hydrogen) atoms. The SMILES string of the molecule is N#CC(NC(=O)C1NNC(C2CC2)C1Cl)c1ccc(Cl)cc1. The molecule has 1 saturated carbocycles. The van der Waals surface area contributed by atoms with E-state index in [1.807, 2.05) is 0 Å². The third-order valence-corrected chi connectivity index (χ3v) is 4.87. The van der Waals surface area contributed by atoms with Crippen LogP contribution in [0.3, 0.4) is 0 Å². The molecule has 4 unspecified atom stereocenters. The minimum absolute atomic E-state index is 0.105. The van der Waals surface area contributed by atoms with Crippen molar-refractivity contribution in [2.45, 2.75) is 36.3 Å².